The Labute approximate surface area is 179 Å². The van der Waals surface area contributed by atoms with Gasteiger partial charge in [-0.05, 0) is 56.4 Å². The topological polar surface area (TPSA) is 68.2 Å². The molecule has 164 valence electrons. The second-order valence-electron chi connectivity index (χ2n) is 10.6. The molecule has 5 rings (SSSR count). The number of rotatable bonds is 1. The summed E-state index contributed by atoms with van der Waals surface area (Å²) in [5.41, 5.74) is 0.136. The van der Waals surface area contributed by atoms with Gasteiger partial charge in [0.05, 0.1) is 18.3 Å². The maximum atomic E-state index is 12.2. The van der Waals surface area contributed by atoms with E-state index in [1.165, 1.54) is 0 Å². The summed E-state index contributed by atoms with van der Waals surface area (Å²) in [6, 6.07) is 4.04. The maximum absolute atomic E-state index is 12.2. The molecule has 1 saturated carbocycles. The minimum Gasteiger partial charge on any atom is -0.496 e. The van der Waals surface area contributed by atoms with Gasteiger partial charge < -0.3 is 24.4 Å². The molecule has 0 aromatic heterocycles. The first-order valence-electron chi connectivity index (χ1n) is 11.1. The van der Waals surface area contributed by atoms with Gasteiger partial charge in [-0.2, -0.15) is 0 Å². The summed E-state index contributed by atoms with van der Waals surface area (Å²) in [6.45, 7) is 12.1. The highest BCUT2D eigenvalue weighted by molar-refractivity contribution is 5.68. The Hall–Kier alpha value is -1.40. The Morgan fingerprint density at radius 1 is 1.10 bits per heavy atom. The zero-order chi connectivity index (χ0) is 21.9. The number of hydrogen-bond donors (Lipinski definition) is 2. The van der Waals surface area contributed by atoms with Crippen LogP contribution in [-0.2, 0) is 15.1 Å². The van der Waals surface area contributed by atoms with Gasteiger partial charge in [0.1, 0.15) is 17.5 Å². The average molecular weight is 415 g/mol. The first-order valence-corrected chi connectivity index (χ1v) is 11.1. The van der Waals surface area contributed by atoms with Crippen LogP contribution in [0.2, 0.25) is 0 Å². The largest absolute Gasteiger partial charge is 0.496 e. The molecule has 2 N–H and O–H groups in total. The van der Waals surface area contributed by atoms with Crippen molar-refractivity contribution >= 4 is 6.08 Å². The van der Waals surface area contributed by atoms with Crippen molar-refractivity contribution in [2.24, 2.45) is 17.3 Å². The third-order valence-electron chi connectivity index (χ3n) is 9.36. The molecule has 2 saturated heterocycles. The Kier molecular flexibility index (Phi) is 3.89. The van der Waals surface area contributed by atoms with E-state index in [-0.39, 0.29) is 5.92 Å². The number of aliphatic hydroxyl groups excluding tert-OH is 1. The monoisotopic (exact) mass is 414 g/mol. The van der Waals surface area contributed by atoms with Crippen molar-refractivity contribution in [1.82, 2.24) is 0 Å². The van der Waals surface area contributed by atoms with Crippen LogP contribution in [0.15, 0.2) is 18.2 Å². The quantitative estimate of drug-likeness (QED) is 0.729. The number of aliphatic hydroxyl groups is 2. The average Bonchev–Trinajstić information content (AvgIpc) is 2.98. The highest BCUT2D eigenvalue weighted by Gasteiger charge is 2.80. The summed E-state index contributed by atoms with van der Waals surface area (Å²) in [5, 5.41) is 23.6. The van der Waals surface area contributed by atoms with Crippen molar-refractivity contribution in [3.63, 3.8) is 0 Å². The lowest BCUT2D eigenvalue weighted by atomic mass is 9.55. The molecule has 2 bridgehead atoms. The smallest absolute Gasteiger partial charge is 0.201 e. The normalized spacial score (nSPS) is 48.0. The SMILES string of the molecule is COc1ccc2c(c1C)C=C[C@]1(C)[C@@]3(O)CC[C@@]21O[C@@]1(OC(C)(C)[C@@H](C)[C@H]1O)[C@H]3C. The van der Waals surface area contributed by atoms with Crippen molar-refractivity contribution in [2.75, 3.05) is 7.11 Å². The summed E-state index contributed by atoms with van der Waals surface area (Å²) in [4.78, 5) is 0. The van der Waals surface area contributed by atoms with Crippen molar-refractivity contribution in [2.45, 2.75) is 83.1 Å². The van der Waals surface area contributed by atoms with Crippen LogP contribution in [0.25, 0.3) is 6.08 Å². The molecule has 1 aromatic carbocycles. The van der Waals surface area contributed by atoms with E-state index in [1.54, 1.807) is 7.11 Å². The number of methoxy groups -OCH3 is 1. The van der Waals surface area contributed by atoms with E-state index in [2.05, 4.69) is 32.1 Å². The van der Waals surface area contributed by atoms with Crippen LogP contribution in [0.3, 0.4) is 0 Å². The number of hydrogen-bond acceptors (Lipinski definition) is 5. The molecule has 4 aliphatic rings. The Morgan fingerprint density at radius 2 is 1.80 bits per heavy atom. The molecule has 2 heterocycles. The van der Waals surface area contributed by atoms with Crippen LogP contribution in [0, 0.1) is 24.2 Å². The predicted octanol–water partition coefficient (Wildman–Crippen LogP) is 3.93. The number of ether oxygens (including phenoxy) is 3. The van der Waals surface area contributed by atoms with Crippen LogP contribution < -0.4 is 4.74 Å². The predicted molar refractivity (Wildman–Crippen MR) is 114 cm³/mol. The molecule has 5 nitrogen and oxygen atoms in total. The maximum Gasteiger partial charge on any atom is 0.201 e. The van der Waals surface area contributed by atoms with Gasteiger partial charge in [-0.15, -0.1) is 0 Å². The molecule has 0 unspecified atom stereocenters. The first kappa shape index (κ1) is 20.5. The van der Waals surface area contributed by atoms with E-state index >= 15 is 0 Å². The van der Waals surface area contributed by atoms with Crippen molar-refractivity contribution in [1.29, 1.82) is 0 Å². The standard InChI is InChI=1S/C25H34O5/c1-14-17-10-11-22(6)23(27)12-13-24(22,18(17)8-9-19(14)28-7)30-25(16(23)3)20(26)15(2)21(4,5)29-25/h8-11,15-16,20,26-27H,12-13H2,1-7H3/t15-,16-,20+,22+,23+,24+,25-/m0/s1. The summed E-state index contributed by atoms with van der Waals surface area (Å²) in [7, 11) is 1.68. The third-order valence-corrected chi connectivity index (χ3v) is 9.36. The number of benzene rings is 1. The molecule has 2 aliphatic heterocycles. The van der Waals surface area contributed by atoms with Gasteiger partial charge in [-0.25, -0.2) is 0 Å². The molecular formula is C25H34O5. The molecule has 7 atom stereocenters. The fraction of sp³-hybridized carbons (Fsp3) is 0.680. The lowest BCUT2D eigenvalue weighted by Crippen LogP contribution is -2.71. The molecule has 0 amide bonds. The van der Waals surface area contributed by atoms with Gasteiger partial charge in [0.25, 0.3) is 0 Å². The van der Waals surface area contributed by atoms with E-state index in [1.807, 2.05) is 33.8 Å². The summed E-state index contributed by atoms with van der Waals surface area (Å²) in [5.74, 6) is -0.947. The van der Waals surface area contributed by atoms with Crippen molar-refractivity contribution in [3.8, 4) is 5.75 Å². The molecule has 2 aliphatic carbocycles. The van der Waals surface area contributed by atoms with Crippen LogP contribution in [0.1, 0.15) is 64.2 Å². The van der Waals surface area contributed by atoms with Crippen LogP contribution >= 0.6 is 0 Å². The second-order valence-corrected chi connectivity index (χ2v) is 10.6. The lowest BCUT2D eigenvalue weighted by molar-refractivity contribution is -0.405. The molecule has 0 radical (unpaired) electrons. The van der Waals surface area contributed by atoms with E-state index in [0.29, 0.717) is 12.8 Å². The molecular weight excluding hydrogens is 380 g/mol. The molecule has 1 spiro atoms. The number of fused-ring (bicyclic) bond motifs is 1. The Bertz CT molecular complexity index is 953. The van der Waals surface area contributed by atoms with E-state index in [0.717, 1.165) is 22.4 Å². The summed E-state index contributed by atoms with van der Waals surface area (Å²) in [6.07, 6.45) is 4.65. The molecule has 30 heavy (non-hydrogen) atoms. The Morgan fingerprint density at radius 3 is 2.40 bits per heavy atom. The first-order chi connectivity index (χ1) is 13.9. The van der Waals surface area contributed by atoms with Gasteiger partial charge in [0.2, 0.25) is 5.79 Å². The van der Waals surface area contributed by atoms with Crippen LogP contribution in [0.5, 0.6) is 5.75 Å². The fourth-order valence-electron chi connectivity index (χ4n) is 6.97. The zero-order valence-electron chi connectivity index (χ0n) is 19.1. The second kappa shape index (κ2) is 5.69. The molecule has 5 heteroatoms. The minimum absolute atomic E-state index is 0.125. The van der Waals surface area contributed by atoms with Crippen molar-refractivity contribution < 1.29 is 24.4 Å². The van der Waals surface area contributed by atoms with Gasteiger partial charge >= 0.3 is 0 Å². The molecule has 1 aromatic rings. The van der Waals surface area contributed by atoms with Crippen molar-refractivity contribution in [3.05, 3.63) is 34.9 Å². The highest BCUT2D eigenvalue weighted by Crippen LogP contribution is 2.73. The highest BCUT2D eigenvalue weighted by atomic mass is 16.7. The van der Waals surface area contributed by atoms with Crippen LogP contribution in [0.4, 0.5) is 0 Å². The Balaban J connectivity index is 1.77. The molecule has 3 fully saturated rings. The van der Waals surface area contributed by atoms with E-state index in [4.69, 9.17) is 14.2 Å². The van der Waals surface area contributed by atoms with E-state index < -0.39 is 40.0 Å². The fourth-order valence-corrected chi connectivity index (χ4v) is 6.97. The van der Waals surface area contributed by atoms with E-state index in [9.17, 15) is 10.2 Å². The van der Waals surface area contributed by atoms with Gasteiger partial charge in [0.15, 0.2) is 0 Å². The summed E-state index contributed by atoms with van der Waals surface area (Å²) >= 11 is 0. The minimum atomic E-state index is -1.26. The third kappa shape index (κ3) is 1.95. The summed E-state index contributed by atoms with van der Waals surface area (Å²) < 4.78 is 19.2. The van der Waals surface area contributed by atoms with Crippen LogP contribution in [-0.4, -0.2) is 40.4 Å². The zero-order valence-corrected chi connectivity index (χ0v) is 19.1. The van der Waals surface area contributed by atoms with Gasteiger partial charge in [-0.1, -0.05) is 39.0 Å². The van der Waals surface area contributed by atoms with Gasteiger partial charge in [0, 0.05) is 17.3 Å². The van der Waals surface area contributed by atoms with Gasteiger partial charge in [-0.3, -0.25) is 0 Å². The lowest BCUT2D eigenvalue weighted by Gasteiger charge is -2.62.